The number of nitro groups is 1. The number of carbonyl (C=O) groups is 1. The van der Waals surface area contributed by atoms with E-state index in [1.807, 2.05) is 0 Å². The maximum atomic E-state index is 11.9. The van der Waals surface area contributed by atoms with Gasteiger partial charge in [0.2, 0.25) is 0 Å². The van der Waals surface area contributed by atoms with Crippen LogP contribution in [0.5, 0.6) is 0 Å². The van der Waals surface area contributed by atoms with E-state index in [0.29, 0.717) is 12.0 Å². The van der Waals surface area contributed by atoms with Crippen molar-refractivity contribution in [3.05, 3.63) is 52.1 Å². The lowest BCUT2D eigenvalue weighted by molar-refractivity contribution is -0.384. The molecule has 0 heterocycles. The molecule has 1 aromatic carbocycles. The molecule has 0 amide bonds. The van der Waals surface area contributed by atoms with Gasteiger partial charge in [0.15, 0.2) is 0 Å². The van der Waals surface area contributed by atoms with Crippen molar-refractivity contribution in [3.63, 3.8) is 0 Å². The predicted molar refractivity (Wildman–Crippen MR) is 63.8 cm³/mol. The van der Waals surface area contributed by atoms with Gasteiger partial charge in [-0.1, -0.05) is 24.3 Å². The van der Waals surface area contributed by atoms with Crippen LogP contribution in [0.3, 0.4) is 0 Å². The summed E-state index contributed by atoms with van der Waals surface area (Å²) in [6.07, 6.45) is 2.19. The number of Topliss-reactive ketones (excluding diaryl/α,β-unsaturated/α-hetero) is 1. The number of hydrogen-bond acceptors (Lipinski definition) is 3. The maximum Gasteiger partial charge on any atom is 0.269 e. The Hall–Kier alpha value is -1.97. The average molecular weight is 231 g/mol. The number of carbonyl (C=O) groups excluding carboxylic acids is 1. The lowest BCUT2D eigenvalue weighted by atomic mass is 9.79. The van der Waals surface area contributed by atoms with Gasteiger partial charge in [-0.05, 0) is 18.4 Å². The molecule has 0 radical (unpaired) electrons. The number of nitro benzene ring substituents is 1. The zero-order valence-electron chi connectivity index (χ0n) is 9.39. The van der Waals surface area contributed by atoms with E-state index in [-0.39, 0.29) is 17.4 Å². The van der Waals surface area contributed by atoms with Crippen molar-refractivity contribution in [2.75, 3.05) is 0 Å². The SMILES string of the molecule is C=C1CCCC(=O)C1c1cccc([N+](=O)[O-])c1. The first kappa shape index (κ1) is 11.5. The Morgan fingerprint density at radius 1 is 1.35 bits per heavy atom. The third-order valence-corrected chi connectivity index (χ3v) is 3.07. The van der Waals surface area contributed by atoms with Crippen LogP contribution in [-0.4, -0.2) is 10.7 Å². The van der Waals surface area contributed by atoms with E-state index in [4.69, 9.17) is 0 Å². The topological polar surface area (TPSA) is 60.2 Å². The highest BCUT2D eigenvalue weighted by molar-refractivity contribution is 5.89. The highest BCUT2D eigenvalue weighted by Crippen LogP contribution is 2.34. The Kier molecular flexibility index (Phi) is 3.04. The highest BCUT2D eigenvalue weighted by atomic mass is 16.6. The second-order valence-corrected chi connectivity index (χ2v) is 4.26. The molecule has 1 aliphatic rings. The molecule has 1 atom stereocenters. The van der Waals surface area contributed by atoms with Gasteiger partial charge in [-0.15, -0.1) is 0 Å². The Labute approximate surface area is 99.1 Å². The van der Waals surface area contributed by atoms with E-state index in [1.165, 1.54) is 12.1 Å². The van der Waals surface area contributed by atoms with Crippen LogP contribution < -0.4 is 0 Å². The van der Waals surface area contributed by atoms with Crippen molar-refractivity contribution in [1.82, 2.24) is 0 Å². The molecule has 17 heavy (non-hydrogen) atoms. The lowest BCUT2D eigenvalue weighted by Crippen LogP contribution is -2.19. The van der Waals surface area contributed by atoms with Crippen molar-refractivity contribution in [2.45, 2.75) is 25.2 Å². The van der Waals surface area contributed by atoms with Crippen LogP contribution in [-0.2, 0) is 4.79 Å². The molecule has 0 spiro atoms. The zero-order valence-corrected chi connectivity index (χ0v) is 9.39. The first-order valence-electron chi connectivity index (χ1n) is 5.54. The number of ketones is 1. The molecular weight excluding hydrogens is 218 g/mol. The molecule has 0 saturated heterocycles. The van der Waals surface area contributed by atoms with Crippen LogP contribution in [0.4, 0.5) is 5.69 Å². The van der Waals surface area contributed by atoms with E-state index in [0.717, 1.165) is 18.4 Å². The fourth-order valence-corrected chi connectivity index (χ4v) is 2.25. The number of benzene rings is 1. The minimum Gasteiger partial charge on any atom is -0.299 e. The van der Waals surface area contributed by atoms with Crippen LogP contribution in [0, 0.1) is 10.1 Å². The smallest absolute Gasteiger partial charge is 0.269 e. The Morgan fingerprint density at radius 3 is 2.76 bits per heavy atom. The summed E-state index contributed by atoms with van der Waals surface area (Å²) in [6.45, 7) is 3.91. The number of non-ortho nitro benzene ring substituents is 1. The largest absolute Gasteiger partial charge is 0.299 e. The van der Waals surface area contributed by atoms with E-state index < -0.39 is 4.92 Å². The van der Waals surface area contributed by atoms with Crippen LogP contribution in [0.2, 0.25) is 0 Å². The van der Waals surface area contributed by atoms with Gasteiger partial charge in [-0.25, -0.2) is 0 Å². The molecule has 4 heteroatoms. The number of rotatable bonds is 2. The van der Waals surface area contributed by atoms with E-state index >= 15 is 0 Å². The molecule has 0 aliphatic heterocycles. The normalized spacial score (nSPS) is 20.4. The summed E-state index contributed by atoms with van der Waals surface area (Å²) in [5, 5.41) is 10.7. The number of nitrogens with zero attached hydrogens (tertiary/aromatic N) is 1. The third kappa shape index (κ3) is 2.25. The molecule has 1 aromatic rings. The van der Waals surface area contributed by atoms with E-state index in [1.54, 1.807) is 12.1 Å². The van der Waals surface area contributed by atoms with Crippen LogP contribution in [0.1, 0.15) is 30.7 Å². The molecule has 1 aliphatic carbocycles. The summed E-state index contributed by atoms with van der Waals surface area (Å²) in [4.78, 5) is 22.1. The summed E-state index contributed by atoms with van der Waals surface area (Å²) in [5.41, 5.74) is 1.57. The second kappa shape index (κ2) is 4.49. The number of allylic oxidation sites excluding steroid dienone is 1. The predicted octanol–water partition coefficient (Wildman–Crippen LogP) is 2.99. The Morgan fingerprint density at radius 2 is 2.12 bits per heavy atom. The monoisotopic (exact) mass is 231 g/mol. The summed E-state index contributed by atoms with van der Waals surface area (Å²) in [6, 6.07) is 6.27. The Bertz CT molecular complexity index is 477. The van der Waals surface area contributed by atoms with Gasteiger partial charge in [-0.2, -0.15) is 0 Å². The molecule has 2 rings (SSSR count). The molecule has 88 valence electrons. The molecule has 1 unspecified atom stereocenters. The van der Waals surface area contributed by atoms with Crippen LogP contribution in [0.15, 0.2) is 36.4 Å². The third-order valence-electron chi connectivity index (χ3n) is 3.07. The molecule has 0 bridgehead atoms. The van der Waals surface area contributed by atoms with Gasteiger partial charge >= 0.3 is 0 Å². The van der Waals surface area contributed by atoms with Crippen molar-refractivity contribution in [1.29, 1.82) is 0 Å². The van der Waals surface area contributed by atoms with Crippen molar-refractivity contribution < 1.29 is 9.72 Å². The number of hydrogen-bond donors (Lipinski definition) is 0. The van der Waals surface area contributed by atoms with Crippen molar-refractivity contribution in [3.8, 4) is 0 Å². The molecule has 1 saturated carbocycles. The second-order valence-electron chi connectivity index (χ2n) is 4.26. The van der Waals surface area contributed by atoms with E-state index in [2.05, 4.69) is 6.58 Å². The standard InChI is InChI=1S/C13H13NO3/c1-9-4-2-7-12(15)13(9)10-5-3-6-11(8-10)14(16)17/h3,5-6,8,13H,1-2,4,7H2. The molecule has 4 nitrogen and oxygen atoms in total. The Balaban J connectivity index is 2.38. The van der Waals surface area contributed by atoms with Gasteiger partial charge in [0, 0.05) is 18.6 Å². The van der Waals surface area contributed by atoms with Crippen molar-refractivity contribution in [2.24, 2.45) is 0 Å². The first-order chi connectivity index (χ1) is 8.09. The maximum absolute atomic E-state index is 11.9. The summed E-state index contributed by atoms with van der Waals surface area (Å²) < 4.78 is 0. The minimum absolute atomic E-state index is 0.0219. The summed E-state index contributed by atoms with van der Waals surface area (Å²) >= 11 is 0. The quantitative estimate of drug-likeness (QED) is 0.446. The van der Waals surface area contributed by atoms with Crippen molar-refractivity contribution >= 4 is 11.5 Å². The van der Waals surface area contributed by atoms with Gasteiger partial charge < -0.3 is 0 Å². The summed E-state index contributed by atoms with van der Waals surface area (Å²) in [7, 11) is 0. The molecule has 0 aromatic heterocycles. The zero-order chi connectivity index (χ0) is 12.4. The van der Waals surface area contributed by atoms with Crippen LogP contribution >= 0.6 is 0 Å². The first-order valence-corrected chi connectivity index (χ1v) is 5.54. The van der Waals surface area contributed by atoms with Gasteiger partial charge in [0.05, 0.1) is 10.8 Å². The fraction of sp³-hybridized carbons (Fsp3) is 0.308. The molecular formula is C13H13NO3. The molecule has 0 N–H and O–H groups in total. The van der Waals surface area contributed by atoms with E-state index in [9.17, 15) is 14.9 Å². The van der Waals surface area contributed by atoms with Gasteiger partial charge in [0.25, 0.3) is 5.69 Å². The van der Waals surface area contributed by atoms with Gasteiger partial charge in [0.1, 0.15) is 5.78 Å². The average Bonchev–Trinajstić information content (AvgIpc) is 2.29. The fourth-order valence-electron chi connectivity index (χ4n) is 2.25. The molecule has 1 fully saturated rings. The van der Waals surface area contributed by atoms with Crippen LogP contribution in [0.25, 0.3) is 0 Å². The van der Waals surface area contributed by atoms with Gasteiger partial charge in [-0.3, -0.25) is 14.9 Å². The summed E-state index contributed by atoms with van der Waals surface area (Å²) in [5.74, 6) is -0.245. The highest BCUT2D eigenvalue weighted by Gasteiger charge is 2.27. The lowest BCUT2D eigenvalue weighted by Gasteiger charge is -2.23. The minimum atomic E-state index is -0.445.